The second kappa shape index (κ2) is 7.22. The molecule has 8 heteroatoms. The number of amides is 1. The number of carbonyl (C=O) groups is 1. The summed E-state index contributed by atoms with van der Waals surface area (Å²) >= 11 is 0. The smallest absolute Gasteiger partial charge is 0.255 e. The first kappa shape index (κ1) is 17.4. The van der Waals surface area contributed by atoms with E-state index in [1.807, 2.05) is 0 Å². The minimum atomic E-state index is -1.10. The summed E-state index contributed by atoms with van der Waals surface area (Å²) in [6.45, 7) is 0. The van der Waals surface area contributed by atoms with E-state index in [1.165, 1.54) is 30.5 Å². The van der Waals surface area contributed by atoms with Gasteiger partial charge in [0.2, 0.25) is 0 Å². The normalized spacial score (nSPS) is 10.5. The second-order valence-corrected chi connectivity index (χ2v) is 5.23. The number of aromatic nitrogens is 1. The summed E-state index contributed by atoms with van der Waals surface area (Å²) in [4.78, 5) is 16.1. The lowest BCUT2D eigenvalue weighted by atomic mass is 10.2. The van der Waals surface area contributed by atoms with Crippen molar-refractivity contribution in [3.63, 3.8) is 0 Å². The van der Waals surface area contributed by atoms with E-state index < -0.39 is 34.9 Å². The molecule has 3 aromatic rings. The Kier molecular flexibility index (Phi) is 4.83. The van der Waals surface area contributed by atoms with Gasteiger partial charge >= 0.3 is 0 Å². The van der Waals surface area contributed by atoms with Crippen molar-refractivity contribution in [3.8, 4) is 0 Å². The quantitative estimate of drug-likeness (QED) is 0.666. The maximum Gasteiger partial charge on any atom is 0.255 e. The van der Waals surface area contributed by atoms with Crippen LogP contribution in [0.15, 0.2) is 54.7 Å². The SMILES string of the molecule is O=C(Nc1ccc(F)c(F)c1)c1ccnc(Nc2c(F)cccc2F)c1. The van der Waals surface area contributed by atoms with Crippen molar-refractivity contribution in [2.24, 2.45) is 0 Å². The molecule has 0 aliphatic heterocycles. The summed E-state index contributed by atoms with van der Waals surface area (Å²) in [7, 11) is 0. The molecule has 1 heterocycles. The highest BCUT2D eigenvalue weighted by Gasteiger charge is 2.12. The Labute approximate surface area is 145 Å². The largest absolute Gasteiger partial charge is 0.335 e. The van der Waals surface area contributed by atoms with E-state index in [-0.39, 0.29) is 17.1 Å². The molecule has 3 rings (SSSR count). The summed E-state index contributed by atoms with van der Waals surface area (Å²) in [5, 5.41) is 4.86. The molecular weight excluding hydrogens is 350 g/mol. The Balaban J connectivity index is 1.80. The van der Waals surface area contributed by atoms with Crippen LogP contribution in [0.4, 0.5) is 34.8 Å². The summed E-state index contributed by atoms with van der Waals surface area (Å²) in [5.74, 6) is -4.37. The third-order valence-corrected chi connectivity index (χ3v) is 3.42. The minimum absolute atomic E-state index is 0.0342. The zero-order chi connectivity index (χ0) is 18.7. The van der Waals surface area contributed by atoms with Crippen LogP contribution in [-0.4, -0.2) is 10.9 Å². The van der Waals surface area contributed by atoms with Gasteiger partial charge in [0.1, 0.15) is 23.1 Å². The Bertz CT molecular complexity index is 958. The third-order valence-electron chi connectivity index (χ3n) is 3.42. The number of hydrogen-bond acceptors (Lipinski definition) is 3. The number of rotatable bonds is 4. The second-order valence-electron chi connectivity index (χ2n) is 5.23. The van der Waals surface area contributed by atoms with Crippen LogP contribution in [-0.2, 0) is 0 Å². The van der Waals surface area contributed by atoms with Gasteiger partial charge in [-0.2, -0.15) is 0 Å². The first-order chi connectivity index (χ1) is 12.4. The van der Waals surface area contributed by atoms with E-state index in [4.69, 9.17) is 0 Å². The van der Waals surface area contributed by atoms with Gasteiger partial charge in [0.15, 0.2) is 11.6 Å². The molecule has 0 unspecified atom stereocenters. The standard InChI is InChI=1S/C18H11F4N3O/c19-12-5-4-11(9-15(12)22)24-18(26)10-6-7-23-16(8-10)25-17-13(20)2-1-3-14(17)21/h1-9H,(H,23,25)(H,24,26). The molecule has 2 N–H and O–H groups in total. The number of para-hydroxylation sites is 1. The van der Waals surface area contributed by atoms with E-state index in [1.54, 1.807) is 0 Å². The Morgan fingerprint density at radius 2 is 1.58 bits per heavy atom. The van der Waals surface area contributed by atoms with E-state index >= 15 is 0 Å². The van der Waals surface area contributed by atoms with Crippen molar-refractivity contribution in [1.29, 1.82) is 0 Å². The van der Waals surface area contributed by atoms with E-state index in [0.29, 0.717) is 0 Å². The van der Waals surface area contributed by atoms with Gasteiger partial charge in [-0.3, -0.25) is 4.79 Å². The number of nitrogens with one attached hydrogen (secondary N) is 2. The molecule has 0 bridgehead atoms. The fourth-order valence-corrected chi connectivity index (χ4v) is 2.16. The van der Waals surface area contributed by atoms with Crippen LogP contribution in [0.2, 0.25) is 0 Å². The Morgan fingerprint density at radius 3 is 2.27 bits per heavy atom. The van der Waals surface area contributed by atoms with Crippen molar-refractivity contribution in [3.05, 3.63) is 83.6 Å². The monoisotopic (exact) mass is 361 g/mol. The molecule has 26 heavy (non-hydrogen) atoms. The molecule has 1 aromatic heterocycles. The summed E-state index contributed by atoms with van der Waals surface area (Å²) < 4.78 is 53.5. The van der Waals surface area contributed by atoms with Gasteiger partial charge in [0.25, 0.3) is 5.91 Å². The lowest BCUT2D eigenvalue weighted by Crippen LogP contribution is -2.13. The molecule has 0 saturated carbocycles. The van der Waals surface area contributed by atoms with Crippen LogP contribution in [0.3, 0.4) is 0 Å². The first-order valence-corrected chi connectivity index (χ1v) is 7.37. The van der Waals surface area contributed by atoms with Gasteiger partial charge in [0, 0.05) is 23.5 Å². The van der Waals surface area contributed by atoms with E-state index in [2.05, 4.69) is 15.6 Å². The number of hydrogen-bond donors (Lipinski definition) is 2. The molecule has 0 aliphatic carbocycles. The summed E-state index contributed by atoms with van der Waals surface area (Å²) in [5.41, 5.74) is -0.248. The molecule has 0 fully saturated rings. The van der Waals surface area contributed by atoms with Gasteiger partial charge in [-0.1, -0.05) is 6.07 Å². The van der Waals surface area contributed by atoms with Crippen molar-refractivity contribution in [2.75, 3.05) is 10.6 Å². The third kappa shape index (κ3) is 3.80. The highest BCUT2D eigenvalue weighted by molar-refractivity contribution is 6.04. The molecule has 0 saturated heterocycles. The number of benzene rings is 2. The number of nitrogens with zero attached hydrogens (tertiary/aromatic N) is 1. The topological polar surface area (TPSA) is 54.0 Å². The van der Waals surface area contributed by atoms with E-state index in [9.17, 15) is 22.4 Å². The van der Waals surface area contributed by atoms with Crippen LogP contribution in [0.1, 0.15) is 10.4 Å². The fourth-order valence-electron chi connectivity index (χ4n) is 2.16. The lowest BCUT2D eigenvalue weighted by molar-refractivity contribution is 0.102. The molecule has 2 aromatic carbocycles. The Hall–Kier alpha value is -3.42. The average Bonchev–Trinajstić information content (AvgIpc) is 2.62. The average molecular weight is 361 g/mol. The van der Waals surface area contributed by atoms with Crippen LogP contribution in [0.25, 0.3) is 0 Å². The first-order valence-electron chi connectivity index (χ1n) is 7.37. The minimum Gasteiger partial charge on any atom is -0.335 e. The molecule has 1 amide bonds. The van der Waals surface area contributed by atoms with Crippen molar-refractivity contribution in [2.45, 2.75) is 0 Å². The molecule has 0 spiro atoms. The number of anilines is 3. The number of pyridine rings is 1. The molecular formula is C18H11F4N3O. The zero-order valence-corrected chi connectivity index (χ0v) is 13.1. The Morgan fingerprint density at radius 1 is 0.846 bits per heavy atom. The molecule has 0 radical (unpaired) electrons. The van der Waals surface area contributed by atoms with Crippen LogP contribution in [0, 0.1) is 23.3 Å². The summed E-state index contributed by atoms with van der Waals surface area (Å²) in [6.07, 6.45) is 1.27. The highest BCUT2D eigenvalue weighted by Crippen LogP contribution is 2.22. The zero-order valence-electron chi connectivity index (χ0n) is 13.1. The lowest BCUT2D eigenvalue weighted by Gasteiger charge is -2.10. The predicted molar refractivity (Wildman–Crippen MR) is 88.2 cm³/mol. The predicted octanol–water partition coefficient (Wildman–Crippen LogP) is 4.63. The fraction of sp³-hybridized carbons (Fsp3) is 0. The van der Waals surface area contributed by atoms with Gasteiger partial charge in [-0.05, 0) is 36.4 Å². The molecule has 0 atom stereocenters. The maximum atomic E-state index is 13.7. The van der Waals surface area contributed by atoms with Crippen molar-refractivity contribution in [1.82, 2.24) is 4.98 Å². The van der Waals surface area contributed by atoms with Gasteiger partial charge in [-0.15, -0.1) is 0 Å². The number of halogens is 4. The van der Waals surface area contributed by atoms with Crippen LogP contribution in [0.5, 0.6) is 0 Å². The van der Waals surface area contributed by atoms with Gasteiger partial charge < -0.3 is 10.6 Å². The summed E-state index contributed by atoms with van der Waals surface area (Å²) in [6, 6.07) is 8.91. The molecule has 132 valence electrons. The van der Waals surface area contributed by atoms with Crippen LogP contribution >= 0.6 is 0 Å². The van der Waals surface area contributed by atoms with E-state index in [0.717, 1.165) is 24.3 Å². The molecule has 0 aliphatic rings. The van der Waals surface area contributed by atoms with Gasteiger partial charge in [0.05, 0.1) is 0 Å². The van der Waals surface area contributed by atoms with Crippen molar-refractivity contribution < 1.29 is 22.4 Å². The highest BCUT2D eigenvalue weighted by atomic mass is 19.2. The van der Waals surface area contributed by atoms with Crippen molar-refractivity contribution >= 4 is 23.1 Å². The molecule has 4 nitrogen and oxygen atoms in total. The van der Waals surface area contributed by atoms with Crippen LogP contribution < -0.4 is 10.6 Å². The van der Waals surface area contributed by atoms with Gasteiger partial charge in [-0.25, -0.2) is 22.5 Å². The maximum absolute atomic E-state index is 13.7. The number of carbonyl (C=O) groups excluding carboxylic acids is 1.